The molecular formula is C26H31ClF3N3O2. The Bertz CT molecular complexity index is 1220. The number of fused-ring (bicyclic) bond motifs is 2. The Morgan fingerprint density at radius 2 is 1.94 bits per heavy atom. The van der Waals surface area contributed by atoms with Gasteiger partial charge in [0.05, 0.1) is 23.3 Å². The third kappa shape index (κ3) is 5.29. The Morgan fingerprint density at radius 3 is 2.63 bits per heavy atom. The van der Waals surface area contributed by atoms with Gasteiger partial charge in [-0.15, -0.1) is 0 Å². The van der Waals surface area contributed by atoms with Crippen LogP contribution < -0.4 is 4.74 Å². The molecule has 1 aliphatic rings. The van der Waals surface area contributed by atoms with Crippen molar-refractivity contribution in [2.24, 2.45) is 0 Å². The number of alkyl halides is 3. The summed E-state index contributed by atoms with van der Waals surface area (Å²) < 4.78 is 48.8. The van der Waals surface area contributed by atoms with E-state index in [0.29, 0.717) is 46.9 Å². The van der Waals surface area contributed by atoms with Crippen LogP contribution in [-0.4, -0.2) is 52.0 Å². The topological polar surface area (TPSA) is 61.4 Å². The second kappa shape index (κ2) is 9.30. The van der Waals surface area contributed by atoms with E-state index in [1.807, 2.05) is 26.1 Å². The molecule has 1 atom stereocenters. The summed E-state index contributed by atoms with van der Waals surface area (Å²) in [6.45, 7) is 7.35. The maximum absolute atomic E-state index is 14.3. The number of pyridine rings is 1. The number of hydrogen-bond acceptors (Lipinski definition) is 4. The summed E-state index contributed by atoms with van der Waals surface area (Å²) in [4.78, 5) is 9.68. The van der Waals surface area contributed by atoms with Crippen molar-refractivity contribution < 1.29 is 23.0 Å². The number of nitrogens with one attached hydrogen (secondary N) is 1. The fraction of sp³-hybridized carbons (Fsp3) is 0.500. The van der Waals surface area contributed by atoms with Crippen LogP contribution in [0.1, 0.15) is 49.7 Å². The zero-order valence-corrected chi connectivity index (χ0v) is 21.1. The van der Waals surface area contributed by atoms with Crippen LogP contribution in [-0.2, 0) is 24.8 Å². The normalized spacial score (nSPS) is 15.9. The van der Waals surface area contributed by atoms with E-state index in [4.69, 9.17) is 16.3 Å². The fourth-order valence-corrected chi connectivity index (χ4v) is 5.10. The predicted molar refractivity (Wildman–Crippen MR) is 131 cm³/mol. The number of nitrogens with zero attached hydrogens (tertiary/aromatic N) is 2. The van der Waals surface area contributed by atoms with Crippen molar-refractivity contribution in [3.05, 3.63) is 57.9 Å². The summed E-state index contributed by atoms with van der Waals surface area (Å²) in [6, 6.07) is 8.68. The zero-order valence-electron chi connectivity index (χ0n) is 20.4. The molecule has 190 valence electrons. The molecule has 0 amide bonds. The first-order valence-corrected chi connectivity index (χ1v) is 12.1. The van der Waals surface area contributed by atoms with E-state index < -0.39 is 30.0 Å². The second-order valence-corrected chi connectivity index (χ2v) is 10.6. The Kier molecular flexibility index (Phi) is 6.85. The Balaban J connectivity index is 1.65. The van der Waals surface area contributed by atoms with Crippen LogP contribution in [0.4, 0.5) is 13.2 Å². The quantitative estimate of drug-likeness (QED) is 0.402. The van der Waals surface area contributed by atoms with E-state index in [1.165, 1.54) is 0 Å². The summed E-state index contributed by atoms with van der Waals surface area (Å²) in [5, 5.41) is 11.5. The summed E-state index contributed by atoms with van der Waals surface area (Å²) in [5.41, 5.74) is -0.279. The number of benzene rings is 1. The maximum Gasteiger partial charge on any atom is 0.417 e. The lowest BCUT2D eigenvalue weighted by Gasteiger charge is -2.38. The Morgan fingerprint density at radius 1 is 1.20 bits per heavy atom. The van der Waals surface area contributed by atoms with Crippen LogP contribution in [0.25, 0.3) is 11.0 Å². The number of hydrogen-bond donors (Lipinski definition) is 2. The van der Waals surface area contributed by atoms with E-state index in [0.717, 1.165) is 17.8 Å². The first-order valence-electron chi connectivity index (χ1n) is 11.7. The van der Waals surface area contributed by atoms with Crippen molar-refractivity contribution in [1.82, 2.24) is 14.9 Å². The number of aromatic amines is 1. The van der Waals surface area contributed by atoms with Crippen LogP contribution in [0, 0.1) is 0 Å². The number of ether oxygens (including phenoxy) is 1. The van der Waals surface area contributed by atoms with Gasteiger partial charge in [0.2, 0.25) is 0 Å². The summed E-state index contributed by atoms with van der Waals surface area (Å²) in [7, 11) is 1.97. The smallest absolute Gasteiger partial charge is 0.417 e. The molecule has 0 bridgehead atoms. The van der Waals surface area contributed by atoms with Gasteiger partial charge in [-0.1, -0.05) is 32.4 Å². The van der Waals surface area contributed by atoms with Crippen LogP contribution in [0.15, 0.2) is 30.3 Å². The van der Waals surface area contributed by atoms with Gasteiger partial charge in [0.1, 0.15) is 5.75 Å². The van der Waals surface area contributed by atoms with Crippen molar-refractivity contribution in [3.8, 4) is 5.75 Å². The van der Waals surface area contributed by atoms with Gasteiger partial charge in [-0.2, -0.15) is 13.2 Å². The van der Waals surface area contributed by atoms with Gasteiger partial charge in [0.15, 0.2) is 5.60 Å². The molecule has 0 radical (unpaired) electrons. The lowest BCUT2D eigenvalue weighted by molar-refractivity contribution is -0.266. The van der Waals surface area contributed by atoms with Crippen LogP contribution in [0.3, 0.4) is 0 Å². The molecule has 3 heterocycles. The monoisotopic (exact) mass is 509 g/mol. The molecule has 0 aliphatic carbocycles. The average Bonchev–Trinajstić information content (AvgIpc) is 3.37. The minimum absolute atomic E-state index is 0.275. The highest BCUT2D eigenvalue weighted by Gasteiger charge is 2.56. The number of aliphatic hydroxyl groups is 1. The van der Waals surface area contributed by atoms with Gasteiger partial charge in [-0.3, -0.25) is 0 Å². The van der Waals surface area contributed by atoms with Crippen molar-refractivity contribution in [2.45, 2.75) is 63.8 Å². The molecule has 0 spiro atoms. The molecule has 2 aromatic heterocycles. The summed E-state index contributed by atoms with van der Waals surface area (Å²) >= 11 is 6.27. The van der Waals surface area contributed by atoms with Crippen LogP contribution >= 0.6 is 11.6 Å². The number of rotatable bonds is 8. The minimum Gasteiger partial charge on any atom is -0.493 e. The first-order chi connectivity index (χ1) is 16.3. The lowest BCUT2D eigenvalue weighted by atomic mass is 9.73. The van der Waals surface area contributed by atoms with Gasteiger partial charge in [0.25, 0.3) is 0 Å². The molecule has 0 fully saturated rings. The van der Waals surface area contributed by atoms with Gasteiger partial charge < -0.3 is 19.7 Å². The molecule has 1 unspecified atom stereocenters. The van der Waals surface area contributed by atoms with Gasteiger partial charge in [-0.05, 0) is 61.3 Å². The van der Waals surface area contributed by atoms with E-state index in [9.17, 15) is 18.3 Å². The molecule has 4 rings (SSSR count). The highest BCUT2D eigenvalue weighted by atomic mass is 35.5. The predicted octanol–water partition coefficient (Wildman–Crippen LogP) is 5.81. The number of H-pyrrole nitrogens is 1. The van der Waals surface area contributed by atoms with Crippen LogP contribution in [0.5, 0.6) is 5.75 Å². The molecule has 2 N–H and O–H groups in total. The van der Waals surface area contributed by atoms with Gasteiger partial charge in [0, 0.05) is 35.7 Å². The van der Waals surface area contributed by atoms with E-state index in [2.05, 4.69) is 14.9 Å². The summed E-state index contributed by atoms with van der Waals surface area (Å²) in [6.07, 6.45) is -5.38. The van der Waals surface area contributed by atoms with Gasteiger partial charge in [-0.25, -0.2) is 4.98 Å². The van der Waals surface area contributed by atoms with E-state index in [1.54, 1.807) is 32.0 Å². The second-order valence-electron chi connectivity index (χ2n) is 10.2. The van der Waals surface area contributed by atoms with Crippen LogP contribution in [0.2, 0.25) is 5.02 Å². The standard InChI is InChI=1S/C26H31ClF3N3O2/c1-5-33(4)14-18-6-7-21-22(31-18)12-19(32-21)13-25(34,26(28,29)30)15-24(2,3)20-11-17(27)10-16-8-9-35-23(16)20/h6-7,10-12,32,34H,5,8-9,13-15H2,1-4H3. The van der Waals surface area contributed by atoms with Crippen molar-refractivity contribution in [3.63, 3.8) is 0 Å². The van der Waals surface area contributed by atoms with Gasteiger partial charge >= 0.3 is 6.18 Å². The molecule has 0 saturated heterocycles. The summed E-state index contributed by atoms with van der Waals surface area (Å²) in [5.74, 6) is 0.573. The molecule has 1 aliphatic heterocycles. The lowest BCUT2D eigenvalue weighted by Crippen LogP contribution is -2.51. The molecule has 1 aromatic carbocycles. The molecule has 0 saturated carbocycles. The Hall–Kier alpha value is -2.29. The third-order valence-corrected chi connectivity index (χ3v) is 7.00. The first kappa shape index (κ1) is 25.8. The average molecular weight is 510 g/mol. The van der Waals surface area contributed by atoms with Crippen molar-refractivity contribution in [1.29, 1.82) is 0 Å². The molecule has 9 heteroatoms. The maximum atomic E-state index is 14.3. The highest BCUT2D eigenvalue weighted by molar-refractivity contribution is 6.30. The molecule has 5 nitrogen and oxygen atoms in total. The molecule has 3 aromatic rings. The Labute approximate surface area is 208 Å². The highest BCUT2D eigenvalue weighted by Crippen LogP contribution is 2.47. The zero-order chi connectivity index (χ0) is 25.6. The number of aromatic nitrogens is 2. The molecular weight excluding hydrogens is 479 g/mol. The minimum atomic E-state index is -4.85. The van der Waals surface area contributed by atoms with E-state index >= 15 is 0 Å². The number of halogens is 4. The third-order valence-electron chi connectivity index (χ3n) is 6.78. The molecule has 35 heavy (non-hydrogen) atoms. The fourth-order valence-electron chi connectivity index (χ4n) is 4.85. The van der Waals surface area contributed by atoms with Crippen molar-refractivity contribution in [2.75, 3.05) is 20.2 Å². The largest absolute Gasteiger partial charge is 0.493 e. The van der Waals surface area contributed by atoms with E-state index in [-0.39, 0.29) is 5.69 Å². The van der Waals surface area contributed by atoms with Crippen molar-refractivity contribution >= 4 is 22.6 Å². The SMILES string of the molecule is CCN(C)Cc1ccc2[nH]c(CC(O)(CC(C)(C)c3cc(Cl)cc4c3OCC4)C(F)(F)F)cc2n1.